The summed E-state index contributed by atoms with van der Waals surface area (Å²) in [6.07, 6.45) is 5.70. The first-order chi connectivity index (χ1) is 6.25. The SMILES string of the molecule is S=c1nccc(N2C=CN(I)C2)[nH]1. The van der Waals surface area contributed by atoms with Crippen LogP contribution in [-0.2, 0) is 0 Å². The predicted molar refractivity (Wildman–Crippen MR) is 61.8 cm³/mol. The number of anilines is 1. The number of aromatic nitrogens is 2. The number of rotatable bonds is 1. The molecule has 0 saturated carbocycles. The van der Waals surface area contributed by atoms with Crippen molar-refractivity contribution in [1.29, 1.82) is 0 Å². The van der Waals surface area contributed by atoms with Gasteiger partial charge in [-0.2, -0.15) is 0 Å². The molecule has 0 amide bonds. The zero-order valence-electron chi connectivity index (χ0n) is 6.64. The number of nitrogens with zero attached hydrogens (tertiary/aromatic N) is 3. The second-order valence-corrected chi connectivity index (χ2v) is 4.20. The molecule has 0 bridgehead atoms. The molecule has 2 rings (SSSR count). The summed E-state index contributed by atoms with van der Waals surface area (Å²) in [5.74, 6) is 0.968. The molecule has 1 aromatic rings. The molecule has 0 fully saturated rings. The van der Waals surface area contributed by atoms with E-state index in [1.807, 2.05) is 18.5 Å². The van der Waals surface area contributed by atoms with Gasteiger partial charge >= 0.3 is 0 Å². The largest absolute Gasteiger partial charge is 0.317 e. The predicted octanol–water partition coefficient (Wildman–Crippen LogP) is 2.04. The molecular weight excluding hydrogens is 299 g/mol. The number of H-pyrrole nitrogens is 1. The lowest BCUT2D eigenvalue weighted by Gasteiger charge is -2.15. The molecule has 0 saturated heterocycles. The lowest BCUT2D eigenvalue weighted by Crippen LogP contribution is -2.19. The van der Waals surface area contributed by atoms with E-state index in [2.05, 4.69) is 40.8 Å². The van der Waals surface area contributed by atoms with E-state index in [1.165, 1.54) is 0 Å². The summed E-state index contributed by atoms with van der Waals surface area (Å²) in [6, 6.07) is 1.90. The Labute approximate surface area is 94.8 Å². The van der Waals surface area contributed by atoms with Crippen LogP contribution >= 0.6 is 35.1 Å². The smallest absolute Gasteiger partial charge is 0.198 e. The molecule has 0 aromatic carbocycles. The van der Waals surface area contributed by atoms with E-state index in [4.69, 9.17) is 12.2 Å². The molecule has 0 spiro atoms. The Morgan fingerprint density at radius 2 is 2.38 bits per heavy atom. The average Bonchev–Trinajstić information content (AvgIpc) is 2.52. The van der Waals surface area contributed by atoms with Crippen molar-refractivity contribution in [2.75, 3.05) is 11.6 Å². The fraction of sp³-hybridized carbons (Fsp3) is 0.143. The maximum Gasteiger partial charge on any atom is 0.198 e. The van der Waals surface area contributed by atoms with Crippen molar-refractivity contribution in [3.8, 4) is 0 Å². The molecule has 68 valence electrons. The lowest BCUT2D eigenvalue weighted by molar-refractivity contribution is 0.709. The van der Waals surface area contributed by atoms with Gasteiger partial charge in [0.2, 0.25) is 0 Å². The van der Waals surface area contributed by atoms with E-state index < -0.39 is 0 Å². The van der Waals surface area contributed by atoms with Gasteiger partial charge in [-0.05, 0) is 18.3 Å². The molecule has 4 nitrogen and oxygen atoms in total. The monoisotopic (exact) mass is 306 g/mol. The van der Waals surface area contributed by atoms with Gasteiger partial charge in [-0.25, -0.2) is 4.98 Å². The first kappa shape index (κ1) is 8.95. The van der Waals surface area contributed by atoms with E-state index in [1.54, 1.807) is 6.20 Å². The second-order valence-electron chi connectivity index (χ2n) is 2.57. The molecule has 0 aliphatic carbocycles. The van der Waals surface area contributed by atoms with Crippen molar-refractivity contribution in [1.82, 2.24) is 13.1 Å². The summed E-state index contributed by atoms with van der Waals surface area (Å²) in [6.45, 7) is 0.829. The van der Waals surface area contributed by atoms with Crippen molar-refractivity contribution in [2.45, 2.75) is 0 Å². The van der Waals surface area contributed by atoms with Crippen LogP contribution in [0.15, 0.2) is 24.7 Å². The maximum atomic E-state index is 4.93. The Bertz CT molecular complexity index is 388. The Kier molecular flexibility index (Phi) is 2.49. The minimum absolute atomic E-state index is 0.512. The zero-order chi connectivity index (χ0) is 9.26. The molecule has 0 radical (unpaired) electrons. The second kappa shape index (κ2) is 3.62. The lowest BCUT2D eigenvalue weighted by atomic mass is 10.5. The molecule has 13 heavy (non-hydrogen) atoms. The number of nitrogens with one attached hydrogen (secondary N) is 1. The van der Waals surface area contributed by atoms with E-state index in [-0.39, 0.29) is 0 Å². The Morgan fingerprint density at radius 3 is 3.00 bits per heavy atom. The normalized spacial score (nSPS) is 15.5. The zero-order valence-corrected chi connectivity index (χ0v) is 9.62. The highest BCUT2D eigenvalue weighted by Crippen LogP contribution is 2.17. The quantitative estimate of drug-likeness (QED) is 0.489. The van der Waals surface area contributed by atoms with Crippen molar-refractivity contribution < 1.29 is 0 Å². The molecule has 6 heteroatoms. The van der Waals surface area contributed by atoms with Gasteiger partial charge in [0.05, 0.1) is 22.9 Å². The summed E-state index contributed by atoms with van der Waals surface area (Å²) in [5, 5.41) is 0. The van der Waals surface area contributed by atoms with E-state index >= 15 is 0 Å². The highest BCUT2D eigenvalue weighted by molar-refractivity contribution is 14.1. The molecule has 1 aromatic heterocycles. The molecule has 2 heterocycles. The molecule has 1 aliphatic heterocycles. The van der Waals surface area contributed by atoms with E-state index in [9.17, 15) is 0 Å². The summed E-state index contributed by atoms with van der Waals surface area (Å²) >= 11 is 7.16. The Balaban J connectivity index is 2.27. The minimum atomic E-state index is 0.512. The van der Waals surface area contributed by atoms with Crippen LogP contribution in [0.1, 0.15) is 0 Å². The van der Waals surface area contributed by atoms with Crippen LogP contribution in [0.4, 0.5) is 5.82 Å². The van der Waals surface area contributed by atoms with Crippen LogP contribution in [0, 0.1) is 4.77 Å². The van der Waals surface area contributed by atoms with Crippen molar-refractivity contribution in [3.05, 3.63) is 29.4 Å². The third-order valence-electron chi connectivity index (χ3n) is 1.66. The van der Waals surface area contributed by atoms with Gasteiger partial charge in [0.1, 0.15) is 12.5 Å². The summed E-state index contributed by atoms with van der Waals surface area (Å²) in [7, 11) is 0. The van der Waals surface area contributed by atoms with E-state index in [0.717, 1.165) is 12.5 Å². The average molecular weight is 306 g/mol. The number of hydrogen-bond acceptors (Lipinski definition) is 4. The van der Waals surface area contributed by atoms with Gasteiger partial charge < -0.3 is 13.0 Å². The highest BCUT2D eigenvalue weighted by Gasteiger charge is 2.11. The first-order valence-corrected chi connectivity index (χ1v) is 5.06. The fourth-order valence-corrected chi connectivity index (χ4v) is 1.71. The Hall–Kier alpha value is -0.630. The summed E-state index contributed by atoms with van der Waals surface area (Å²) < 4.78 is 2.56. The van der Waals surface area contributed by atoms with Crippen LogP contribution in [0.3, 0.4) is 0 Å². The standard InChI is InChI=1S/C7H7IN4S/c8-12-4-3-11(5-12)6-1-2-9-7(13)10-6/h1-4H,5H2,(H,9,10,13). The minimum Gasteiger partial charge on any atom is -0.317 e. The Morgan fingerprint density at radius 1 is 1.54 bits per heavy atom. The first-order valence-electron chi connectivity index (χ1n) is 3.68. The van der Waals surface area contributed by atoms with Gasteiger partial charge in [0.15, 0.2) is 4.77 Å². The third-order valence-corrected chi connectivity index (χ3v) is 2.50. The highest BCUT2D eigenvalue weighted by atomic mass is 127. The van der Waals surface area contributed by atoms with Gasteiger partial charge in [0.25, 0.3) is 0 Å². The molecular formula is C7H7IN4S. The van der Waals surface area contributed by atoms with Gasteiger partial charge in [-0.15, -0.1) is 0 Å². The van der Waals surface area contributed by atoms with Crippen LogP contribution in [0.25, 0.3) is 0 Å². The van der Waals surface area contributed by atoms with Crippen LogP contribution in [0.2, 0.25) is 0 Å². The summed E-state index contributed by atoms with van der Waals surface area (Å²) in [4.78, 5) is 9.00. The third kappa shape index (κ3) is 1.99. The number of hydrogen-bond donors (Lipinski definition) is 1. The van der Waals surface area contributed by atoms with Crippen LogP contribution < -0.4 is 4.90 Å². The van der Waals surface area contributed by atoms with Gasteiger partial charge in [-0.1, -0.05) is 0 Å². The van der Waals surface area contributed by atoms with Crippen molar-refractivity contribution >= 4 is 40.9 Å². The van der Waals surface area contributed by atoms with E-state index in [0.29, 0.717) is 4.77 Å². The molecule has 1 N–H and O–H groups in total. The molecule has 0 atom stereocenters. The number of halogens is 1. The molecule has 0 unspecified atom stereocenters. The van der Waals surface area contributed by atoms with Crippen LogP contribution in [-0.4, -0.2) is 19.7 Å². The molecule has 1 aliphatic rings. The van der Waals surface area contributed by atoms with Crippen molar-refractivity contribution in [3.63, 3.8) is 0 Å². The fourth-order valence-electron chi connectivity index (χ4n) is 1.08. The topological polar surface area (TPSA) is 35.2 Å². The number of aromatic amines is 1. The summed E-state index contributed by atoms with van der Waals surface area (Å²) in [5.41, 5.74) is 0. The van der Waals surface area contributed by atoms with Crippen molar-refractivity contribution in [2.24, 2.45) is 0 Å². The maximum absolute atomic E-state index is 4.93. The van der Waals surface area contributed by atoms with Gasteiger partial charge in [-0.3, -0.25) is 0 Å². The van der Waals surface area contributed by atoms with Gasteiger partial charge in [0, 0.05) is 18.6 Å². The van der Waals surface area contributed by atoms with Crippen LogP contribution in [0.5, 0.6) is 0 Å².